The van der Waals surface area contributed by atoms with Crippen molar-refractivity contribution in [3.8, 4) is 6.07 Å². The summed E-state index contributed by atoms with van der Waals surface area (Å²) >= 11 is 0. The normalized spacial score (nSPS) is 14.4. The summed E-state index contributed by atoms with van der Waals surface area (Å²) in [6.07, 6.45) is -0.793. The van der Waals surface area contributed by atoms with Gasteiger partial charge < -0.3 is 15.9 Å². The van der Waals surface area contributed by atoms with Crippen molar-refractivity contribution >= 4 is 0 Å². The fourth-order valence-corrected chi connectivity index (χ4v) is 1.09. The van der Waals surface area contributed by atoms with E-state index in [1.165, 1.54) is 12.3 Å². The third-order valence-corrected chi connectivity index (χ3v) is 1.87. The number of nitrogens with two attached hydrogens (primary N) is 1. The molecule has 0 amide bonds. The first-order valence-electron chi connectivity index (χ1n) is 4.12. The molecule has 0 radical (unpaired) electrons. The average Bonchev–Trinajstić information content (AvgIpc) is 2.26. The summed E-state index contributed by atoms with van der Waals surface area (Å²) in [5.74, 6) is 0. The molecule has 14 heavy (non-hydrogen) atoms. The summed E-state index contributed by atoms with van der Waals surface area (Å²) in [4.78, 5) is 3.76. The number of nitrogens with zero attached hydrogens (tertiary/aromatic N) is 2. The van der Waals surface area contributed by atoms with Crippen LogP contribution in [0, 0.1) is 11.3 Å². The SMILES string of the molecule is N#Cc1ncccc1C(O)C(O)CN. The highest BCUT2D eigenvalue weighted by atomic mass is 16.3. The highest BCUT2D eigenvalue weighted by Crippen LogP contribution is 2.18. The van der Waals surface area contributed by atoms with E-state index in [4.69, 9.17) is 11.0 Å². The fourth-order valence-electron chi connectivity index (χ4n) is 1.09. The van der Waals surface area contributed by atoms with E-state index in [9.17, 15) is 10.2 Å². The third kappa shape index (κ3) is 2.06. The Hall–Kier alpha value is -1.48. The van der Waals surface area contributed by atoms with Gasteiger partial charge in [-0.25, -0.2) is 4.98 Å². The van der Waals surface area contributed by atoms with E-state index in [1.807, 2.05) is 6.07 Å². The molecule has 0 aliphatic rings. The van der Waals surface area contributed by atoms with Crippen molar-refractivity contribution in [3.63, 3.8) is 0 Å². The zero-order valence-electron chi connectivity index (χ0n) is 7.46. The minimum atomic E-state index is -1.16. The Morgan fingerprint density at radius 3 is 2.86 bits per heavy atom. The topological polar surface area (TPSA) is 103 Å². The molecule has 1 rings (SSSR count). The van der Waals surface area contributed by atoms with Crippen molar-refractivity contribution in [2.24, 2.45) is 5.73 Å². The van der Waals surface area contributed by atoms with Crippen LogP contribution in [0.4, 0.5) is 0 Å². The van der Waals surface area contributed by atoms with E-state index in [2.05, 4.69) is 4.98 Å². The molecule has 1 heterocycles. The molecule has 0 bridgehead atoms. The van der Waals surface area contributed by atoms with Crippen molar-refractivity contribution in [2.45, 2.75) is 12.2 Å². The summed E-state index contributed by atoms with van der Waals surface area (Å²) in [5.41, 5.74) is 5.59. The van der Waals surface area contributed by atoms with E-state index in [0.717, 1.165) is 0 Å². The molecule has 5 nitrogen and oxygen atoms in total. The van der Waals surface area contributed by atoms with E-state index in [1.54, 1.807) is 6.07 Å². The number of aliphatic hydroxyl groups excluding tert-OH is 2. The number of rotatable bonds is 3. The van der Waals surface area contributed by atoms with E-state index in [0.29, 0.717) is 5.56 Å². The summed E-state index contributed by atoms with van der Waals surface area (Å²) in [6.45, 7) is -0.0685. The molecule has 2 atom stereocenters. The monoisotopic (exact) mass is 193 g/mol. The van der Waals surface area contributed by atoms with Crippen LogP contribution in [0.5, 0.6) is 0 Å². The van der Waals surface area contributed by atoms with Crippen LogP contribution in [0.3, 0.4) is 0 Å². The fraction of sp³-hybridized carbons (Fsp3) is 0.333. The first kappa shape index (κ1) is 10.6. The van der Waals surface area contributed by atoms with Gasteiger partial charge in [0.15, 0.2) is 0 Å². The van der Waals surface area contributed by atoms with Gasteiger partial charge in [0.2, 0.25) is 0 Å². The third-order valence-electron chi connectivity index (χ3n) is 1.87. The van der Waals surface area contributed by atoms with Crippen LogP contribution in [0.2, 0.25) is 0 Å². The van der Waals surface area contributed by atoms with Crippen molar-refractivity contribution < 1.29 is 10.2 Å². The van der Waals surface area contributed by atoms with Crippen molar-refractivity contribution in [1.29, 1.82) is 5.26 Å². The van der Waals surface area contributed by atoms with Gasteiger partial charge in [0.25, 0.3) is 0 Å². The maximum absolute atomic E-state index is 9.58. The lowest BCUT2D eigenvalue weighted by atomic mass is 10.0. The second-order valence-electron chi connectivity index (χ2n) is 2.80. The molecule has 0 fully saturated rings. The summed E-state index contributed by atoms with van der Waals surface area (Å²) in [6, 6.07) is 4.96. The predicted octanol–water partition coefficient (Wildman–Crippen LogP) is -0.694. The standard InChI is InChI=1S/C9H11N3O2/c10-4-7-6(2-1-3-12-7)9(14)8(13)5-11/h1-3,8-9,13-14H,5,11H2. The molecule has 0 spiro atoms. The van der Waals surface area contributed by atoms with E-state index in [-0.39, 0.29) is 12.2 Å². The van der Waals surface area contributed by atoms with Crippen molar-refractivity contribution in [2.75, 3.05) is 6.54 Å². The molecule has 74 valence electrons. The van der Waals surface area contributed by atoms with E-state index < -0.39 is 12.2 Å². The average molecular weight is 193 g/mol. The van der Waals surface area contributed by atoms with Gasteiger partial charge in [0, 0.05) is 18.3 Å². The molecule has 0 saturated carbocycles. The Kier molecular flexibility index (Phi) is 3.54. The highest BCUT2D eigenvalue weighted by Gasteiger charge is 2.20. The van der Waals surface area contributed by atoms with Crippen LogP contribution < -0.4 is 5.73 Å². The Bertz CT molecular complexity index is 348. The smallest absolute Gasteiger partial charge is 0.146 e. The maximum Gasteiger partial charge on any atom is 0.146 e. The zero-order chi connectivity index (χ0) is 10.6. The molecule has 1 aromatic rings. The Morgan fingerprint density at radius 1 is 1.57 bits per heavy atom. The largest absolute Gasteiger partial charge is 0.389 e. The Morgan fingerprint density at radius 2 is 2.29 bits per heavy atom. The van der Waals surface area contributed by atoms with Gasteiger partial charge in [-0.05, 0) is 6.07 Å². The van der Waals surface area contributed by atoms with Gasteiger partial charge in [-0.2, -0.15) is 5.26 Å². The van der Waals surface area contributed by atoms with Gasteiger partial charge >= 0.3 is 0 Å². The lowest BCUT2D eigenvalue weighted by Crippen LogP contribution is -2.27. The lowest BCUT2D eigenvalue weighted by molar-refractivity contribution is 0.0239. The Labute approximate surface area is 81.4 Å². The second kappa shape index (κ2) is 4.67. The molecular weight excluding hydrogens is 182 g/mol. The molecule has 2 unspecified atom stereocenters. The first-order chi connectivity index (χ1) is 6.70. The second-order valence-corrected chi connectivity index (χ2v) is 2.80. The van der Waals surface area contributed by atoms with Crippen molar-refractivity contribution in [1.82, 2.24) is 4.98 Å². The molecule has 0 aromatic carbocycles. The number of hydrogen-bond acceptors (Lipinski definition) is 5. The van der Waals surface area contributed by atoms with Crippen LogP contribution >= 0.6 is 0 Å². The molecule has 0 aliphatic heterocycles. The molecule has 5 heteroatoms. The minimum Gasteiger partial charge on any atom is -0.389 e. The number of aromatic nitrogens is 1. The Balaban J connectivity index is 3.01. The molecule has 4 N–H and O–H groups in total. The van der Waals surface area contributed by atoms with Gasteiger partial charge in [-0.1, -0.05) is 6.07 Å². The zero-order valence-corrected chi connectivity index (χ0v) is 7.46. The lowest BCUT2D eigenvalue weighted by Gasteiger charge is -2.16. The quantitative estimate of drug-likeness (QED) is 0.589. The maximum atomic E-state index is 9.58. The predicted molar refractivity (Wildman–Crippen MR) is 49.0 cm³/mol. The number of nitriles is 1. The van der Waals surface area contributed by atoms with Gasteiger partial charge in [0.05, 0.1) is 6.10 Å². The molecule has 0 saturated heterocycles. The van der Waals surface area contributed by atoms with E-state index >= 15 is 0 Å². The van der Waals surface area contributed by atoms with Crippen LogP contribution in [0.25, 0.3) is 0 Å². The summed E-state index contributed by atoms with van der Waals surface area (Å²) in [5, 5.41) is 27.6. The van der Waals surface area contributed by atoms with Crippen LogP contribution in [-0.4, -0.2) is 27.8 Å². The van der Waals surface area contributed by atoms with Crippen LogP contribution in [0.15, 0.2) is 18.3 Å². The number of pyridine rings is 1. The highest BCUT2D eigenvalue weighted by molar-refractivity contribution is 5.32. The molecule has 1 aromatic heterocycles. The van der Waals surface area contributed by atoms with Crippen LogP contribution in [-0.2, 0) is 0 Å². The van der Waals surface area contributed by atoms with Crippen LogP contribution in [0.1, 0.15) is 17.4 Å². The first-order valence-corrected chi connectivity index (χ1v) is 4.12. The summed E-state index contributed by atoms with van der Waals surface area (Å²) in [7, 11) is 0. The number of aliphatic hydroxyl groups is 2. The van der Waals surface area contributed by atoms with Gasteiger partial charge in [-0.15, -0.1) is 0 Å². The van der Waals surface area contributed by atoms with Crippen molar-refractivity contribution in [3.05, 3.63) is 29.6 Å². The van der Waals surface area contributed by atoms with Gasteiger partial charge in [-0.3, -0.25) is 0 Å². The molecular formula is C9H11N3O2. The molecule has 0 aliphatic carbocycles. The van der Waals surface area contributed by atoms with Gasteiger partial charge in [0.1, 0.15) is 17.9 Å². The minimum absolute atomic E-state index is 0.0685. The summed E-state index contributed by atoms with van der Waals surface area (Å²) < 4.78 is 0. The number of hydrogen-bond donors (Lipinski definition) is 3.